The van der Waals surface area contributed by atoms with Crippen LogP contribution in [0.5, 0.6) is 0 Å². The number of hydrogen-bond donors (Lipinski definition) is 2. The lowest BCUT2D eigenvalue weighted by Crippen LogP contribution is -2.34. The molecular formula is C10H12N4O2S2. The Balaban J connectivity index is 2.31. The van der Waals surface area contributed by atoms with Crippen LogP contribution in [0.1, 0.15) is 10.8 Å². The molecule has 2 aromatic heterocycles. The number of nitrogens with two attached hydrogens (primary N) is 1. The smallest absolute Gasteiger partial charge is 0.329 e. The summed E-state index contributed by atoms with van der Waals surface area (Å²) in [6, 6.07) is 1.99. The van der Waals surface area contributed by atoms with Gasteiger partial charge >= 0.3 is 11.1 Å². The molecule has 1 unspecified atom stereocenters. The van der Waals surface area contributed by atoms with Gasteiger partial charge in [-0.15, -0.1) is 0 Å². The third-order valence-corrected chi connectivity index (χ3v) is 4.35. The normalized spacial score (nSPS) is 12.6. The molecule has 0 fully saturated rings. The molecule has 2 rings (SSSR count). The van der Waals surface area contributed by atoms with E-state index < -0.39 is 11.1 Å². The highest BCUT2D eigenvalue weighted by molar-refractivity contribution is 7.99. The number of nitrogens with one attached hydrogen (secondary N) is 1. The van der Waals surface area contributed by atoms with Crippen molar-refractivity contribution >= 4 is 23.1 Å². The molecule has 0 saturated carbocycles. The molecule has 8 heteroatoms. The average molecular weight is 284 g/mol. The van der Waals surface area contributed by atoms with Crippen LogP contribution in [0.4, 0.5) is 0 Å². The number of thioether (sulfide) groups is 1. The number of nitrogens with zero attached hydrogens (tertiary/aromatic N) is 2. The van der Waals surface area contributed by atoms with Crippen LogP contribution in [0.2, 0.25) is 0 Å². The fourth-order valence-corrected chi connectivity index (χ4v) is 3.18. The van der Waals surface area contributed by atoms with Crippen LogP contribution >= 0.6 is 23.1 Å². The topological polar surface area (TPSA) is 93.8 Å². The highest BCUT2D eigenvalue weighted by Gasteiger charge is 2.15. The van der Waals surface area contributed by atoms with Gasteiger partial charge in [-0.2, -0.15) is 16.3 Å². The van der Waals surface area contributed by atoms with E-state index in [9.17, 15) is 9.59 Å². The average Bonchev–Trinajstić information content (AvgIpc) is 2.85. The van der Waals surface area contributed by atoms with Crippen molar-refractivity contribution in [1.82, 2.24) is 14.8 Å². The molecule has 18 heavy (non-hydrogen) atoms. The molecule has 96 valence electrons. The molecule has 0 aliphatic rings. The van der Waals surface area contributed by atoms with E-state index in [1.54, 1.807) is 18.4 Å². The van der Waals surface area contributed by atoms with E-state index >= 15 is 0 Å². The third kappa shape index (κ3) is 2.71. The summed E-state index contributed by atoms with van der Waals surface area (Å²) in [5, 5.41) is 6.85. The molecule has 0 aromatic carbocycles. The second-order valence-electron chi connectivity index (χ2n) is 3.60. The number of aromatic amines is 1. The fourth-order valence-electron chi connectivity index (χ4n) is 1.40. The van der Waals surface area contributed by atoms with Crippen molar-refractivity contribution in [2.24, 2.45) is 12.8 Å². The van der Waals surface area contributed by atoms with Gasteiger partial charge < -0.3 is 5.73 Å². The molecule has 2 aromatic rings. The molecule has 1 atom stereocenters. The second kappa shape index (κ2) is 5.51. The van der Waals surface area contributed by atoms with Crippen LogP contribution < -0.4 is 16.9 Å². The highest BCUT2D eigenvalue weighted by Crippen LogP contribution is 2.33. The highest BCUT2D eigenvalue weighted by atomic mass is 32.2. The molecule has 0 amide bonds. The predicted molar refractivity (Wildman–Crippen MR) is 72.1 cm³/mol. The molecule has 2 heterocycles. The molecule has 6 nitrogen and oxygen atoms in total. The summed E-state index contributed by atoms with van der Waals surface area (Å²) in [4.78, 5) is 26.1. The van der Waals surface area contributed by atoms with E-state index in [4.69, 9.17) is 5.73 Å². The second-order valence-corrected chi connectivity index (χ2v) is 5.55. The Morgan fingerprint density at radius 2 is 2.39 bits per heavy atom. The van der Waals surface area contributed by atoms with Gasteiger partial charge in [0.25, 0.3) is 0 Å². The Hall–Kier alpha value is -1.38. The monoisotopic (exact) mass is 284 g/mol. The zero-order valence-electron chi connectivity index (χ0n) is 9.62. The van der Waals surface area contributed by atoms with Gasteiger partial charge in [-0.1, -0.05) is 11.8 Å². The Bertz CT molecular complexity index is 632. The Kier molecular flexibility index (Phi) is 4.00. The number of aromatic nitrogens is 3. The van der Waals surface area contributed by atoms with Gasteiger partial charge in [-0.25, -0.2) is 0 Å². The quantitative estimate of drug-likeness (QED) is 0.623. The van der Waals surface area contributed by atoms with E-state index in [2.05, 4.69) is 10.1 Å². The standard InChI is InChI=1S/C10H12N4O2S2/c1-14-10(12-8(15)9(16)13-14)18-7(4-11)6-2-3-17-5-6/h2-3,5,7H,4,11H2,1H3,(H,13,16). The van der Waals surface area contributed by atoms with Crippen molar-refractivity contribution in [3.63, 3.8) is 0 Å². The first-order chi connectivity index (χ1) is 8.61. The first-order valence-electron chi connectivity index (χ1n) is 5.18. The van der Waals surface area contributed by atoms with Gasteiger partial charge in [-0.3, -0.25) is 19.4 Å². The number of H-pyrrole nitrogens is 1. The van der Waals surface area contributed by atoms with Crippen LogP contribution in [0, 0.1) is 0 Å². The summed E-state index contributed by atoms with van der Waals surface area (Å²) in [6.07, 6.45) is 0. The molecule has 0 spiro atoms. The number of thiophene rings is 1. The van der Waals surface area contributed by atoms with E-state index in [1.807, 2.05) is 16.8 Å². The molecule has 3 N–H and O–H groups in total. The van der Waals surface area contributed by atoms with Crippen molar-refractivity contribution in [2.75, 3.05) is 6.54 Å². The van der Waals surface area contributed by atoms with Crippen molar-refractivity contribution in [2.45, 2.75) is 10.4 Å². The fraction of sp³-hybridized carbons (Fsp3) is 0.300. The Morgan fingerprint density at radius 1 is 1.61 bits per heavy atom. The van der Waals surface area contributed by atoms with Crippen molar-refractivity contribution in [3.8, 4) is 0 Å². The van der Waals surface area contributed by atoms with Gasteiger partial charge in [0.2, 0.25) is 0 Å². The summed E-state index contributed by atoms with van der Waals surface area (Å²) in [7, 11) is 1.64. The summed E-state index contributed by atoms with van der Waals surface area (Å²) >= 11 is 2.95. The van der Waals surface area contributed by atoms with Gasteiger partial charge in [0.05, 0.1) is 5.25 Å². The minimum absolute atomic E-state index is 0.0141. The van der Waals surface area contributed by atoms with Gasteiger partial charge in [0, 0.05) is 13.6 Å². The molecule has 0 radical (unpaired) electrons. The van der Waals surface area contributed by atoms with Crippen LogP contribution in [0.15, 0.2) is 31.6 Å². The van der Waals surface area contributed by atoms with Crippen LogP contribution in [0.25, 0.3) is 0 Å². The SMILES string of the molecule is Cn1[nH]c(=O)c(=O)nc1SC(CN)c1ccsc1. The molecule has 0 bridgehead atoms. The summed E-state index contributed by atoms with van der Waals surface area (Å²) in [5.41, 5.74) is 5.32. The Labute approximate surface area is 111 Å². The third-order valence-electron chi connectivity index (χ3n) is 2.32. The van der Waals surface area contributed by atoms with E-state index in [0.29, 0.717) is 11.7 Å². The van der Waals surface area contributed by atoms with Crippen LogP contribution in [0.3, 0.4) is 0 Å². The lowest BCUT2D eigenvalue weighted by atomic mass is 10.2. The molecular weight excluding hydrogens is 272 g/mol. The van der Waals surface area contributed by atoms with Crippen molar-refractivity contribution in [3.05, 3.63) is 43.1 Å². The zero-order chi connectivity index (χ0) is 13.1. The number of rotatable bonds is 4. The summed E-state index contributed by atoms with van der Waals surface area (Å²) in [5.74, 6) is 0. The zero-order valence-corrected chi connectivity index (χ0v) is 11.3. The molecule has 0 aliphatic heterocycles. The van der Waals surface area contributed by atoms with Gasteiger partial charge in [0.15, 0.2) is 5.16 Å². The largest absolute Gasteiger partial charge is 0.339 e. The number of hydrogen-bond acceptors (Lipinski definition) is 6. The minimum Gasteiger partial charge on any atom is -0.329 e. The van der Waals surface area contributed by atoms with E-state index in [0.717, 1.165) is 5.56 Å². The van der Waals surface area contributed by atoms with E-state index in [-0.39, 0.29) is 5.25 Å². The van der Waals surface area contributed by atoms with Gasteiger partial charge in [0.1, 0.15) is 0 Å². The summed E-state index contributed by atoms with van der Waals surface area (Å²) in [6.45, 7) is 0.427. The maximum absolute atomic E-state index is 11.2. The first kappa shape index (κ1) is 13.1. The van der Waals surface area contributed by atoms with E-state index in [1.165, 1.54) is 16.4 Å². The lowest BCUT2D eigenvalue weighted by molar-refractivity contribution is 0.595. The maximum Gasteiger partial charge on any atom is 0.339 e. The maximum atomic E-state index is 11.2. The van der Waals surface area contributed by atoms with Crippen LogP contribution in [-0.4, -0.2) is 21.3 Å². The number of aryl methyl sites for hydroxylation is 1. The summed E-state index contributed by atoms with van der Waals surface area (Å²) < 4.78 is 1.43. The Morgan fingerprint density at radius 3 is 3.00 bits per heavy atom. The minimum atomic E-state index is -0.781. The molecule has 0 aliphatic carbocycles. The van der Waals surface area contributed by atoms with Crippen molar-refractivity contribution < 1.29 is 0 Å². The molecule has 0 saturated heterocycles. The van der Waals surface area contributed by atoms with Crippen molar-refractivity contribution in [1.29, 1.82) is 0 Å². The van der Waals surface area contributed by atoms with Gasteiger partial charge in [-0.05, 0) is 22.4 Å². The first-order valence-corrected chi connectivity index (χ1v) is 7.00. The predicted octanol–water partition coefficient (Wildman–Crippen LogP) is 0.322. The lowest BCUT2D eigenvalue weighted by Gasteiger charge is -2.13. The van der Waals surface area contributed by atoms with Crippen LogP contribution in [-0.2, 0) is 7.05 Å².